The van der Waals surface area contributed by atoms with E-state index in [1.54, 1.807) is 19.2 Å². The fraction of sp³-hybridized carbons (Fsp3) is 0.429. The van der Waals surface area contributed by atoms with Crippen LogP contribution < -0.4 is 10.1 Å². The van der Waals surface area contributed by atoms with Crippen molar-refractivity contribution < 1.29 is 4.74 Å². The number of rotatable bonds is 5. The Hall–Kier alpha value is -2.24. The van der Waals surface area contributed by atoms with Crippen LogP contribution in [0.25, 0.3) is 11.5 Å². The third kappa shape index (κ3) is 3.01. The van der Waals surface area contributed by atoms with Crippen molar-refractivity contribution in [3.63, 3.8) is 0 Å². The maximum absolute atomic E-state index is 5.00. The lowest BCUT2D eigenvalue weighted by molar-refractivity contribution is 0.392. The van der Waals surface area contributed by atoms with Crippen LogP contribution >= 0.6 is 0 Å². The van der Waals surface area contributed by atoms with Gasteiger partial charge in [0.25, 0.3) is 0 Å². The molecule has 0 fully saturated rings. The average molecular weight is 273 g/mol. The zero-order chi connectivity index (χ0) is 14.5. The van der Waals surface area contributed by atoms with E-state index in [-0.39, 0.29) is 0 Å². The maximum atomic E-state index is 5.00. The van der Waals surface area contributed by atoms with E-state index in [1.165, 1.54) is 0 Å². The molecule has 2 heterocycles. The monoisotopic (exact) mass is 273 g/mol. The molecular weight excluding hydrogens is 254 g/mol. The third-order valence-electron chi connectivity index (χ3n) is 3.01. The second kappa shape index (κ2) is 6.27. The average Bonchev–Trinajstić information content (AvgIpc) is 2.48. The van der Waals surface area contributed by atoms with Crippen LogP contribution in [0.4, 0.5) is 5.82 Å². The topological polar surface area (TPSA) is 72.8 Å². The molecule has 0 radical (unpaired) electrons. The van der Waals surface area contributed by atoms with Crippen molar-refractivity contribution in [3.05, 3.63) is 23.4 Å². The first-order chi connectivity index (χ1) is 9.65. The highest BCUT2D eigenvalue weighted by Crippen LogP contribution is 2.20. The summed E-state index contributed by atoms with van der Waals surface area (Å²) in [5.74, 6) is 1.90. The van der Waals surface area contributed by atoms with Gasteiger partial charge in [-0.05, 0) is 26.3 Å². The van der Waals surface area contributed by atoms with Crippen LogP contribution in [-0.2, 0) is 0 Å². The molecule has 0 saturated carbocycles. The first-order valence-corrected chi connectivity index (χ1v) is 6.63. The number of aryl methyl sites for hydroxylation is 1. The predicted molar refractivity (Wildman–Crippen MR) is 77.9 cm³/mol. The largest absolute Gasteiger partial charge is 0.480 e. The number of anilines is 1. The summed E-state index contributed by atoms with van der Waals surface area (Å²) in [5.41, 5.74) is 2.63. The van der Waals surface area contributed by atoms with Crippen molar-refractivity contribution in [2.45, 2.75) is 27.2 Å². The first-order valence-electron chi connectivity index (χ1n) is 6.63. The molecule has 0 aliphatic carbocycles. The van der Waals surface area contributed by atoms with Gasteiger partial charge in [0.1, 0.15) is 11.5 Å². The van der Waals surface area contributed by atoms with Crippen molar-refractivity contribution in [1.29, 1.82) is 0 Å². The second-order valence-corrected chi connectivity index (χ2v) is 4.49. The summed E-state index contributed by atoms with van der Waals surface area (Å²) in [6.07, 6.45) is 1.04. The number of aromatic nitrogens is 4. The highest BCUT2D eigenvalue weighted by atomic mass is 16.5. The zero-order valence-corrected chi connectivity index (χ0v) is 12.3. The van der Waals surface area contributed by atoms with Crippen LogP contribution in [0.15, 0.2) is 12.1 Å². The van der Waals surface area contributed by atoms with Crippen LogP contribution in [-0.4, -0.2) is 33.8 Å². The lowest BCUT2D eigenvalue weighted by Crippen LogP contribution is -2.08. The molecule has 2 rings (SSSR count). The van der Waals surface area contributed by atoms with E-state index in [2.05, 4.69) is 32.4 Å². The molecule has 0 bridgehead atoms. The van der Waals surface area contributed by atoms with Gasteiger partial charge in [-0.1, -0.05) is 6.92 Å². The Labute approximate surface area is 118 Å². The molecule has 20 heavy (non-hydrogen) atoms. The predicted octanol–water partition coefficient (Wildman–Crippen LogP) is 2.38. The van der Waals surface area contributed by atoms with E-state index >= 15 is 0 Å². The maximum Gasteiger partial charge on any atom is 0.233 e. The van der Waals surface area contributed by atoms with Gasteiger partial charge in [0.15, 0.2) is 5.82 Å². The molecule has 0 saturated heterocycles. The number of nitrogens with one attached hydrogen (secondary N) is 1. The third-order valence-corrected chi connectivity index (χ3v) is 3.01. The smallest absolute Gasteiger partial charge is 0.233 e. The highest BCUT2D eigenvalue weighted by Gasteiger charge is 2.11. The SMILES string of the molecule is CCCNc1nc(-c2ccc(OC)nn2)nc(C)c1C. The number of hydrogen-bond acceptors (Lipinski definition) is 6. The Morgan fingerprint density at radius 3 is 2.55 bits per heavy atom. The Bertz CT molecular complexity index is 583. The summed E-state index contributed by atoms with van der Waals surface area (Å²) in [6, 6.07) is 3.56. The summed E-state index contributed by atoms with van der Waals surface area (Å²) in [6.45, 7) is 6.97. The molecule has 0 unspecified atom stereocenters. The van der Waals surface area contributed by atoms with E-state index in [0.29, 0.717) is 17.4 Å². The minimum Gasteiger partial charge on any atom is -0.480 e. The molecular formula is C14H19N5O. The quantitative estimate of drug-likeness (QED) is 0.901. The summed E-state index contributed by atoms with van der Waals surface area (Å²) >= 11 is 0. The van der Waals surface area contributed by atoms with E-state index < -0.39 is 0 Å². The van der Waals surface area contributed by atoms with Crippen LogP contribution in [0.2, 0.25) is 0 Å². The van der Waals surface area contributed by atoms with Gasteiger partial charge in [0, 0.05) is 23.9 Å². The van der Waals surface area contributed by atoms with Crippen molar-refractivity contribution in [1.82, 2.24) is 20.2 Å². The summed E-state index contributed by atoms with van der Waals surface area (Å²) in [4.78, 5) is 9.00. The van der Waals surface area contributed by atoms with Gasteiger partial charge in [-0.15, -0.1) is 10.2 Å². The molecule has 0 amide bonds. The Kier molecular flexibility index (Phi) is 4.45. The molecule has 0 atom stereocenters. The minimum atomic E-state index is 0.474. The van der Waals surface area contributed by atoms with Crippen molar-refractivity contribution in [2.75, 3.05) is 19.0 Å². The minimum absolute atomic E-state index is 0.474. The van der Waals surface area contributed by atoms with Crippen molar-refractivity contribution in [2.24, 2.45) is 0 Å². The number of methoxy groups -OCH3 is 1. The molecule has 0 aliphatic heterocycles. The molecule has 0 aromatic carbocycles. The van der Waals surface area contributed by atoms with Crippen LogP contribution in [0.5, 0.6) is 5.88 Å². The van der Waals surface area contributed by atoms with Gasteiger partial charge < -0.3 is 10.1 Å². The van der Waals surface area contributed by atoms with E-state index in [4.69, 9.17) is 4.74 Å². The van der Waals surface area contributed by atoms with Gasteiger partial charge >= 0.3 is 0 Å². The summed E-state index contributed by atoms with van der Waals surface area (Å²) in [5, 5.41) is 11.3. The normalized spacial score (nSPS) is 10.4. The molecule has 0 aliphatic rings. The van der Waals surface area contributed by atoms with Crippen LogP contribution in [0.3, 0.4) is 0 Å². The second-order valence-electron chi connectivity index (χ2n) is 4.49. The number of hydrogen-bond donors (Lipinski definition) is 1. The lowest BCUT2D eigenvalue weighted by atomic mass is 10.2. The van der Waals surface area contributed by atoms with Crippen molar-refractivity contribution in [3.8, 4) is 17.4 Å². The number of ether oxygens (including phenoxy) is 1. The summed E-state index contributed by atoms with van der Waals surface area (Å²) in [7, 11) is 1.56. The molecule has 2 aromatic heterocycles. The molecule has 106 valence electrons. The highest BCUT2D eigenvalue weighted by molar-refractivity contribution is 5.56. The molecule has 0 spiro atoms. The molecule has 1 N–H and O–H groups in total. The Morgan fingerprint density at radius 2 is 1.95 bits per heavy atom. The summed E-state index contributed by atoms with van der Waals surface area (Å²) < 4.78 is 5.00. The van der Waals surface area contributed by atoms with Gasteiger partial charge in [-0.25, -0.2) is 9.97 Å². The fourth-order valence-corrected chi connectivity index (χ4v) is 1.71. The van der Waals surface area contributed by atoms with E-state index in [0.717, 1.165) is 30.0 Å². The van der Waals surface area contributed by atoms with Gasteiger partial charge in [0.2, 0.25) is 5.88 Å². The van der Waals surface area contributed by atoms with Gasteiger partial charge in [-0.3, -0.25) is 0 Å². The molecule has 6 nitrogen and oxygen atoms in total. The first kappa shape index (κ1) is 14.2. The lowest BCUT2D eigenvalue weighted by Gasteiger charge is -2.11. The van der Waals surface area contributed by atoms with E-state index in [1.807, 2.05) is 13.8 Å². The number of nitrogens with zero attached hydrogens (tertiary/aromatic N) is 4. The van der Waals surface area contributed by atoms with E-state index in [9.17, 15) is 0 Å². The van der Waals surface area contributed by atoms with Gasteiger partial charge in [-0.2, -0.15) is 0 Å². The molecule has 2 aromatic rings. The van der Waals surface area contributed by atoms with Crippen molar-refractivity contribution >= 4 is 5.82 Å². The fourth-order valence-electron chi connectivity index (χ4n) is 1.71. The zero-order valence-electron chi connectivity index (χ0n) is 12.3. The Morgan fingerprint density at radius 1 is 1.15 bits per heavy atom. The van der Waals surface area contributed by atoms with Crippen LogP contribution in [0.1, 0.15) is 24.6 Å². The van der Waals surface area contributed by atoms with Crippen LogP contribution in [0, 0.1) is 13.8 Å². The standard InChI is InChI=1S/C14H19N5O/c1-5-8-15-13-9(2)10(3)16-14(17-13)11-6-7-12(20-4)19-18-11/h6-7H,5,8H2,1-4H3,(H,15,16,17). The molecule has 6 heteroatoms. The Balaban J connectivity index is 2.37. The van der Waals surface area contributed by atoms with Gasteiger partial charge in [0.05, 0.1) is 7.11 Å².